The van der Waals surface area contributed by atoms with Crippen molar-refractivity contribution in [2.75, 3.05) is 12.3 Å². The third kappa shape index (κ3) is 2.28. The van der Waals surface area contributed by atoms with Crippen LogP contribution in [0.25, 0.3) is 0 Å². The smallest absolute Gasteiger partial charge is 0.150 e. The molecule has 4 heteroatoms. The predicted molar refractivity (Wildman–Crippen MR) is 45.1 cm³/mol. The van der Waals surface area contributed by atoms with Crippen molar-refractivity contribution in [2.45, 2.75) is 18.9 Å². The lowest BCUT2D eigenvalue weighted by Crippen LogP contribution is -2.50. The zero-order chi connectivity index (χ0) is 8.20. The van der Waals surface area contributed by atoms with E-state index in [1.165, 1.54) is 6.92 Å². The summed E-state index contributed by atoms with van der Waals surface area (Å²) in [6.45, 7) is 1.89. The number of hydrogen-bond donors (Lipinski definition) is 3. The molecule has 0 aliphatic carbocycles. The number of thiol groups is 1. The first-order valence-corrected chi connectivity index (χ1v) is 3.81. The Labute approximate surface area is 66.6 Å². The third-order valence-corrected chi connectivity index (χ3v) is 2.14. The molecule has 10 heavy (non-hydrogen) atoms. The molecule has 4 N–H and O–H groups in total. The summed E-state index contributed by atoms with van der Waals surface area (Å²) in [6.07, 6.45) is 0.506. The van der Waals surface area contributed by atoms with Gasteiger partial charge in [0.25, 0.3) is 0 Å². The van der Waals surface area contributed by atoms with Crippen LogP contribution in [0.1, 0.15) is 13.3 Å². The Morgan fingerprint density at radius 2 is 2.20 bits per heavy atom. The fraction of sp³-hybridized carbons (Fsp3) is 0.833. The molecule has 0 amide bonds. The summed E-state index contributed by atoms with van der Waals surface area (Å²) < 4.78 is 0. The normalized spacial score (nSPS) is 16.4. The zero-order valence-electron chi connectivity index (χ0n) is 6.13. The minimum Gasteiger partial charge on any atom is -0.330 e. The van der Waals surface area contributed by atoms with Gasteiger partial charge in [0.2, 0.25) is 0 Å². The van der Waals surface area contributed by atoms with Crippen molar-refractivity contribution >= 4 is 18.4 Å². The maximum absolute atomic E-state index is 10.9. The van der Waals surface area contributed by atoms with E-state index in [1.807, 2.05) is 0 Å². The fourth-order valence-corrected chi connectivity index (χ4v) is 1.00. The molecule has 0 aromatic heterocycles. The maximum Gasteiger partial charge on any atom is 0.150 e. The second-order valence-electron chi connectivity index (χ2n) is 2.41. The van der Waals surface area contributed by atoms with Crippen molar-refractivity contribution in [1.82, 2.24) is 0 Å². The van der Waals surface area contributed by atoms with Crippen molar-refractivity contribution in [3.63, 3.8) is 0 Å². The molecule has 0 saturated carbocycles. The average Bonchev–Trinajstić information content (AvgIpc) is 1.88. The fourth-order valence-electron chi connectivity index (χ4n) is 0.624. The van der Waals surface area contributed by atoms with Gasteiger partial charge in [-0.1, -0.05) is 0 Å². The Kier molecular flexibility index (Phi) is 3.93. The molecule has 0 fully saturated rings. The molecule has 0 aliphatic rings. The van der Waals surface area contributed by atoms with E-state index in [4.69, 9.17) is 11.5 Å². The first kappa shape index (κ1) is 9.94. The highest BCUT2D eigenvalue weighted by Crippen LogP contribution is 2.08. The van der Waals surface area contributed by atoms with Crippen molar-refractivity contribution in [1.29, 1.82) is 0 Å². The molecule has 3 nitrogen and oxygen atoms in total. The van der Waals surface area contributed by atoms with Gasteiger partial charge in [0, 0.05) is 5.75 Å². The summed E-state index contributed by atoms with van der Waals surface area (Å²) in [5.74, 6) is 0.312. The maximum atomic E-state index is 10.9. The Morgan fingerprint density at radius 1 is 1.70 bits per heavy atom. The van der Waals surface area contributed by atoms with Crippen LogP contribution in [0.15, 0.2) is 0 Å². The number of carbonyl (C=O) groups excluding carboxylic acids is 1. The Morgan fingerprint density at radius 3 is 2.30 bits per heavy atom. The SMILES string of the molecule is CC(=O)C(N)(CS)CCN. The molecule has 0 rings (SSSR count). The molecule has 1 atom stereocenters. The standard InChI is InChI=1S/C6H14N2OS/c1-5(9)6(8,4-10)2-3-7/h10H,2-4,7-8H2,1H3. The molecule has 60 valence electrons. The minimum atomic E-state index is -0.808. The summed E-state index contributed by atoms with van der Waals surface area (Å²) in [6, 6.07) is 0. The topological polar surface area (TPSA) is 69.1 Å². The largest absolute Gasteiger partial charge is 0.330 e. The molecule has 1 unspecified atom stereocenters. The summed E-state index contributed by atoms with van der Waals surface area (Å²) >= 11 is 3.97. The van der Waals surface area contributed by atoms with E-state index in [-0.39, 0.29) is 5.78 Å². The van der Waals surface area contributed by atoms with Gasteiger partial charge in [0.15, 0.2) is 0 Å². The van der Waals surface area contributed by atoms with Crippen molar-refractivity contribution in [3.05, 3.63) is 0 Å². The molecule has 0 saturated heterocycles. The molecule has 0 spiro atoms. The number of ketones is 1. The van der Waals surface area contributed by atoms with Gasteiger partial charge in [-0.2, -0.15) is 12.6 Å². The van der Waals surface area contributed by atoms with Crippen LogP contribution in [-0.2, 0) is 4.79 Å². The molecule has 0 radical (unpaired) electrons. The van der Waals surface area contributed by atoms with Crippen LogP contribution < -0.4 is 11.5 Å². The highest BCUT2D eigenvalue weighted by Gasteiger charge is 2.27. The number of carbonyl (C=O) groups is 1. The first-order valence-electron chi connectivity index (χ1n) is 3.17. The van der Waals surface area contributed by atoms with Crippen molar-refractivity contribution in [3.8, 4) is 0 Å². The van der Waals surface area contributed by atoms with Gasteiger partial charge in [0.05, 0.1) is 5.54 Å². The van der Waals surface area contributed by atoms with Crippen LogP contribution in [0.5, 0.6) is 0 Å². The van der Waals surface area contributed by atoms with Gasteiger partial charge in [-0.3, -0.25) is 4.79 Å². The molecule has 0 aliphatic heterocycles. The monoisotopic (exact) mass is 162 g/mol. The molecule has 0 heterocycles. The Bertz CT molecular complexity index is 129. The third-order valence-electron chi connectivity index (χ3n) is 1.57. The van der Waals surface area contributed by atoms with E-state index in [0.29, 0.717) is 18.7 Å². The highest BCUT2D eigenvalue weighted by molar-refractivity contribution is 7.80. The molecule has 0 bridgehead atoms. The quantitative estimate of drug-likeness (QED) is 0.490. The number of nitrogens with two attached hydrogens (primary N) is 2. The van der Waals surface area contributed by atoms with Gasteiger partial charge < -0.3 is 11.5 Å². The Hall–Kier alpha value is -0.0600. The van der Waals surface area contributed by atoms with Crippen LogP contribution in [0.4, 0.5) is 0 Å². The minimum absolute atomic E-state index is 0.0482. The van der Waals surface area contributed by atoms with Crippen LogP contribution in [0.2, 0.25) is 0 Å². The average molecular weight is 162 g/mol. The second-order valence-corrected chi connectivity index (χ2v) is 2.73. The first-order chi connectivity index (χ1) is 4.56. The van der Waals surface area contributed by atoms with Crippen molar-refractivity contribution < 1.29 is 4.79 Å². The van der Waals surface area contributed by atoms with E-state index >= 15 is 0 Å². The summed E-state index contributed by atoms with van der Waals surface area (Å²) in [5, 5.41) is 0. The summed E-state index contributed by atoms with van der Waals surface area (Å²) in [5.41, 5.74) is 10.1. The van der Waals surface area contributed by atoms with Crippen LogP contribution in [0.3, 0.4) is 0 Å². The summed E-state index contributed by atoms with van der Waals surface area (Å²) in [4.78, 5) is 10.9. The van der Waals surface area contributed by atoms with Crippen LogP contribution in [0, 0.1) is 0 Å². The van der Waals surface area contributed by atoms with Gasteiger partial charge >= 0.3 is 0 Å². The van der Waals surface area contributed by atoms with E-state index in [0.717, 1.165) is 0 Å². The van der Waals surface area contributed by atoms with E-state index < -0.39 is 5.54 Å². The highest BCUT2D eigenvalue weighted by atomic mass is 32.1. The van der Waals surface area contributed by atoms with Crippen LogP contribution >= 0.6 is 12.6 Å². The number of Topliss-reactive ketones (excluding diaryl/α,β-unsaturated/α-hetero) is 1. The molecular weight excluding hydrogens is 148 g/mol. The van der Waals surface area contributed by atoms with Crippen molar-refractivity contribution in [2.24, 2.45) is 11.5 Å². The molecular formula is C6H14N2OS. The Balaban J connectivity index is 4.08. The second kappa shape index (κ2) is 3.95. The van der Waals surface area contributed by atoms with E-state index in [2.05, 4.69) is 12.6 Å². The van der Waals surface area contributed by atoms with E-state index in [9.17, 15) is 4.79 Å². The molecule has 0 aromatic rings. The van der Waals surface area contributed by atoms with Gasteiger partial charge in [-0.25, -0.2) is 0 Å². The lowest BCUT2D eigenvalue weighted by molar-refractivity contribution is -0.121. The number of hydrogen-bond acceptors (Lipinski definition) is 4. The van der Waals surface area contributed by atoms with Gasteiger partial charge in [-0.15, -0.1) is 0 Å². The van der Waals surface area contributed by atoms with Gasteiger partial charge in [-0.05, 0) is 19.9 Å². The lowest BCUT2D eigenvalue weighted by Gasteiger charge is -2.23. The lowest BCUT2D eigenvalue weighted by atomic mass is 9.95. The predicted octanol–water partition coefficient (Wildman–Crippen LogP) is -0.448. The zero-order valence-corrected chi connectivity index (χ0v) is 7.03. The van der Waals surface area contributed by atoms with E-state index in [1.54, 1.807) is 0 Å². The van der Waals surface area contributed by atoms with Gasteiger partial charge in [0.1, 0.15) is 5.78 Å². The molecule has 0 aromatic carbocycles. The van der Waals surface area contributed by atoms with Crippen LogP contribution in [-0.4, -0.2) is 23.6 Å². The summed E-state index contributed by atoms with van der Waals surface area (Å²) in [7, 11) is 0. The number of rotatable bonds is 4.